The molecule has 2 aliphatic rings. The van der Waals surface area contributed by atoms with Gasteiger partial charge in [-0.1, -0.05) is 23.2 Å². The van der Waals surface area contributed by atoms with E-state index >= 15 is 0 Å². The normalized spacial score (nSPS) is 17.5. The fourth-order valence-corrected chi connectivity index (χ4v) is 4.39. The van der Waals surface area contributed by atoms with E-state index in [9.17, 15) is 9.59 Å². The molecule has 0 atom stereocenters. The van der Waals surface area contributed by atoms with Crippen molar-refractivity contribution in [3.63, 3.8) is 0 Å². The molecule has 1 aromatic carbocycles. The van der Waals surface area contributed by atoms with Crippen LogP contribution < -0.4 is 5.43 Å². The van der Waals surface area contributed by atoms with E-state index < -0.39 is 5.91 Å². The van der Waals surface area contributed by atoms with E-state index in [0.29, 0.717) is 28.5 Å². The lowest BCUT2D eigenvalue weighted by Gasteiger charge is -2.14. The minimum atomic E-state index is -0.416. The maximum absolute atomic E-state index is 12.8. The molecule has 1 aromatic heterocycles. The molecular formula is C21H21Cl2N3O3. The maximum atomic E-state index is 12.8. The Morgan fingerprint density at radius 2 is 1.90 bits per heavy atom. The Labute approximate surface area is 178 Å². The highest BCUT2D eigenvalue weighted by molar-refractivity contribution is 6.36. The predicted octanol–water partition coefficient (Wildman–Crippen LogP) is 4.60. The largest absolute Gasteiger partial charge is 0.455 e. The van der Waals surface area contributed by atoms with Crippen LogP contribution in [0.2, 0.25) is 10.0 Å². The molecule has 2 heterocycles. The second-order valence-electron chi connectivity index (χ2n) is 7.33. The molecule has 1 aliphatic heterocycles. The Morgan fingerprint density at radius 1 is 1.14 bits per heavy atom. The smallest absolute Gasteiger partial charge is 0.289 e. The summed E-state index contributed by atoms with van der Waals surface area (Å²) in [5, 5.41) is 5.05. The van der Waals surface area contributed by atoms with Gasteiger partial charge in [0.05, 0.1) is 16.3 Å². The summed E-state index contributed by atoms with van der Waals surface area (Å²) in [6.45, 7) is 3.41. The number of furan rings is 1. The lowest BCUT2D eigenvalue weighted by molar-refractivity contribution is 0.0758. The Kier molecular flexibility index (Phi) is 5.65. The Bertz CT molecular complexity index is 1010. The van der Waals surface area contributed by atoms with Crippen LogP contribution in [-0.2, 0) is 6.42 Å². The molecule has 0 bridgehead atoms. The van der Waals surface area contributed by atoms with Gasteiger partial charge in [-0.2, -0.15) is 5.10 Å². The van der Waals surface area contributed by atoms with Crippen LogP contribution >= 0.6 is 23.2 Å². The molecule has 0 unspecified atom stereocenters. The minimum Gasteiger partial charge on any atom is -0.455 e. The van der Waals surface area contributed by atoms with Gasteiger partial charge in [-0.05, 0) is 50.8 Å². The van der Waals surface area contributed by atoms with Gasteiger partial charge in [0.25, 0.3) is 11.8 Å². The number of aryl methyl sites for hydroxylation is 1. The number of halogens is 2. The standard InChI is InChI=1S/C21H21Cl2N3O3/c1-12-18-16(24-25-20(27)14-8-7-13(22)11-15(14)23)5-4-6-17(18)29-19(12)21(28)26-9-2-3-10-26/h7-8,11H,2-6,9-10H2,1H3,(H,25,27)/b24-16+. The molecule has 0 spiro atoms. The molecule has 6 nitrogen and oxygen atoms in total. The monoisotopic (exact) mass is 433 g/mol. The van der Waals surface area contributed by atoms with Crippen LogP contribution in [0.15, 0.2) is 27.7 Å². The summed E-state index contributed by atoms with van der Waals surface area (Å²) in [6, 6.07) is 4.67. The van der Waals surface area contributed by atoms with Crippen LogP contribution in [0, 0.1) is 6.92 Å². The fourth-order valence-electron chi connectivity index (χ4n) is 3.90. The highest BCUT2D eigenvalue weighted by Crippen LogP contribution is 2.31. The molecular weight excluding hydrogens is 413 g/mol. The van der Waals surface area contributed by atoms with Gasteiger partial charge in [0, 0.05) is 35.7 Å². The Morgan fingerprint density at radius 3 is 2.62 bits per heavy atom. The number of nitrogens with zero attached hydrogens (tertiary/aromatic N) is 2. The SMILES string of the molecule is Cc1c(C(=O)N2CCCC2)oc2c1/C(=N/NC(=O)c1ccc(Cl)cc1Cl)CCC2. The van der Waals surface area contributed by atoms with Crippen molar-refractivity contribution in [2.45, 2.75) is 39.0 Å². The van der Waals surface area contributed by atoms with Gasteiger partial charge in [0.15, 0.2) is 5.76 Å². The fraction of sp³-hybridized carbons (Fsp3) is 0.381. The van der Waals surface area contributed by atoms with E-state index in [1.165, 1.54) is 6.07 Å². The number of amides is 2. The molecule has 1 saturated heterocycles. The van der Waals surface area contributed by atoms with Crippen molar-refractivity contribution >= 4 is 40.7 Å². The first-order valence-corrected chi connectivity index (χ1v) is 10.4. The van der Waals surface area contributed by atoms with Crippen LogP contribution in [0.5, 0.6) is 0 Å². The van der Waals surface area contributed by atoms with Crippen molar-refractivity contribution in [3.8, 4) is 0 Å². The van der Waals surface area contributed by atoms with Gasteiger partial charge < -0.3 is 9.32 Å². The molecule has 152 valence electrons. The summed E-state index contributed by atoms with van der Waals surface area (Å²) in [7, 11) is 0. The molecule has 2 aromatic rings. The van der Waals surface area contributed by atoms with E-state index in [4.69, 9.17) is 27.6 Å². The van der Waals surface area contributed by atoms with Crippen LogP contribution in [0.4, 0.5) is 0 Å². The first-order chi connectivity index (χ1) is 14.0. The van der Waals surface area contributed by atoms with Gasteiger partial charge in [-0.15, -0.1) is 0 Å². The molecule has 1 aliphatic carbocycles. The zero-order valence-corrected chi connectivity index (χ0v) is 17.6. The van der Waals surface area contributed by atoms with Crippen molar-refractivity contribution in [2.75, 3.05) is 13.1 Å². The number of carbonyl (C=O) groups excluding carboxylic acids is 2. The highest BCUT2D eigenvalue weighted by Gasteiger charge is 2.31. The zero-order chi connectivity index (χ0) is 20.5. The zero-order valence-electron chi connectivity index (χ0n) is 16.1. The maximum Gasteiger partial charge on any atom is 0.289 e. The number of hydrogen-bond acceptors (Lipinski definition) is 4. The van der Waals surface area contributed by atoms with Crippen LogP contribution in [0.25, 0.3) is 0 Å². The third-order valence-electron chi connectivity index (χ3n) is 5.38. The number of carbonyl (C=O) groups is 2. The molecule has 0 saturated carbocycles. The summed E-state index contributed by atoms with van der Waals surface area (Å²) in [5.41, 5.74) is 5.21. The molecule has 29 heavy (non-hydrogen) atoms. The average molecular weight is 434 g/mol. The van der Waals surface area contributed by atoms with Crippen LogP contribution in [0.3, 0.4) is 0 Å². The molecule has 4 rings (SSSR count). The molecule has 2 amide bonds. The van der Waals surface area contributed by atoms with Gasteiger partial charge in [0.1, 0.15) is 5.76 Å². The number of hydrazone groups is 1. The van der Waals surface area contributed by atoms with E-state index in [1.807, 2.05) is 11.8 Å². The summed E-state index contributed by atoms with van der Waals surface area (Å²) < 4.78 is 5.94. The van der Waals surface area contributed by atoms with Gasteiger partial charge in [-0.3, -0.25) is 9.59 Å². The second-order valence-corrected chi connectivity index (χ2v) is 8.17. The first kappa shape index (κ1) is 20.0. The number of fused-ring (bicyclic) bond motifs is 1. The Balaban J connectivity index is 1.59. The van der Waals surface area contributed by atoms with Crippen molar-refractivity contribution in [1.82, 2.24) is 10.3 Å². The summed E-state index contributed by atoms with van der Waals surface area (Å²) >= 11 is 12.0. The predicted molar refractivity (Wildman–Crippen MR) is 112 cm³/mol. The highest BCUT2D eigenvalue weighted by atomic mass is 35.5. The average Bonchev–Trinajstić information content (AvgIpc) is 3.34. The number of hydrogen-bond donors (Lipinski definition) is 1. The third kappa shape index (κ3) is 3.91. The molecule has 1 fully saturated rings. The van der Waals surface area contributed by atoms with Crippen LogP contribution in [-0.4, -0.2) is 35.5 Å². The number of nitrogens with one attached hydrogen (secondary N) is 1. The van der Waals surface area contributed by atoms with Gasteiger partial charge >= 0.3 is 0 Å². The summed E-state index contributed by atoms with van der Waals surface area (Å²) in [5.74, 6) is 0.666. The number of rotatable bonds is 3. The van der Waals surface area contributed by atoms with Crippen molar-refractivity contribution in [2.24, 2.45) is 5.10 Å². The van der Waals surface area contributed by atoms with E-state index in [0.717, 1.165) is 55.7 Å². The third-order valence-corrected chi connectivity index (χ3v) is 5.93. The van der Waals surface area contributed by atoms with Gasteiger partial charge in [-0.25, -0.2) is 5.43 Å². The summed E-state index contributed by atoms with van der Waals surface area (Å²) in [6.07, 6.45) is 4.33. The molecule has 1 N–H and O–H groups in total. The van der Waals surface area contributed by atoms with E-state index in [-0.39, 0.29) is 10.9 Å². The van der Waals surface area contributed by atoms with Crippen LogP contribution in [0.1, 0.15) is 63.5 Å². The quantitative estimate of drug-likeness (QED) is 0.718. The topological polar surface area (TPSA) is 74.9 Å². The lowest BCUT2D eigenvalue weighted by atomic mass is 9.93. The first-order valence-electron chi connectivity index (χ1n) is 9.69. The van der Waals surface area contributed by atoms with E-state index in [1.54, 1.807) is 12.1 Å². The number of likely N-dealkylation sites (tertiary alicyclic amines) is 1. The summed E-state index contributed by atoms with van der Waals surface area (Å²) in [4.78, 5) is 27.1. The van der Waals surface area contributed by atoms with Crippen molar-refractivity contribution in [3.05, 3.63) is 56.5 Å². The van der Waals surface area contributed by atoms with Crippen molar-refractivity contribution < 1.29 is 14.0 Å². The molecule has 8 heteroatoms. The Hall–Kier alpha value is -2.31. The minimum absolute atomic E-state index is 0.0641. The second kappa shape index (κ2) is 8.20. The lowest BCUT2D eigenvalue weighted by Crippen LogP contribution is -2.27. The van der Waals surface area contributed by atoms with Crippen molar-refractivity contribution in [1.29, 1.82) is 0 Å². The molecule has 0 radical (unpaired) electrons. The number of benzene rings is 1. The van der Waals surface area contributed by atoms with E-state index in [2.05, 4.69) is 10.5 Å². The van der Waals surface area contributed by atoms with Gasteiger partial charge in [0.2, 0.25) is 0 Å².